The molecule has 8 heteroatoms. The lowest BCUT2D eigenvalue weighted by atomic mass is 9.73. The number of carbonyl (C=O) groups is 1. The molecule has 8 nitrogen and oxygen atoms in total. The number of pyridine rings is 1. The van der Waals surface area contributed by atoms with Crippen LogP contribution in [0.3, 0.4) is 0 Å². The highest BCUT2D eigenvalue weighted by atomic mass is 16.2. The number of nitrogens with zero attached hydrogens (tertiary/aromatic N) is 5. The molecule has 4 aromatic heterocycles. The molecule has 1 aliphatic heterocycles. The molecular formula is C22H23N7O. The summed E-state index contributed by atoms with van der Waals surface area (Å²) in [5.74, 6) is 0.919. The van der Waals surface area contributed by atoms with E-state index in [9.17, 15) is 4.79 Å². The Morgan fingerprint density at radius 2 is 2.17 bits per heavy atom. The van der Waals surface area contributed by atoms with Crippen molar-refractivity contribution in [2.24, 2.45) is 0 Å². The lowest BCUT2D eigenvalue weighted by Gasteiger charge is -2.51. The van der Waals surface area contributed by atoms with E-state index in [2.05, 4.69) is 49.3 Å². The molecule has 0 radical (unpaired) electrons. The van der Waals surface area contributed by atoms with Gasteiger partial charge in [0.05, 0.1) is 0 Å². The van der Waals surface area contributed by atoms with E-state index in [1.807, 2.05) is 29.1 Å². The highest BCUT2D eigenvalue weighted by molar-refractivity contribution is 5.93. The van der Waals surface area contributed by atoms with Crippen molar-refractivity contribution >= 4 is 28.5 Å². The van der Waals surface area contributed by atoms with Crippen LogP contribution >= 0.6 is 0 Å². The van der Waals surface area contributed by atoms with Crippen LogP contribution in [0.25, 0.3) is 27.8 Å². The molecule has 2 N–H and O–H groups in total. The van der Waals surface area contributed by atoms with Gasteiger partial charge in [0, 0.05) is 72.0 Å². The number of carbonyl (C=O) groups excluding carboxylic acids is 1. The molecule has 0 unspecified atom stereocenters. The average molecular weight is 401 g/mol. The number of likely N-dealkylation sites (tertiary alicyclic amines) is 1. The van der Waals surface area contributed by atoms with E-state index in [4.69, 9.17) is 0 Å². The fraction of sp³-hybridized carbons (Fsp3) is 0.364. The SMILES string of the molecule is C[C@]1(N2CCCC2=O)C[C@H](Nc2ncc3c(-c4ccc5nccn5c4)c[nH]c3n2)C1. The van der Waals surface area contributed by atoms with Gasteiger partial charge in [0.1, 0.15) is 11.3 Å². The maximum atomic E-state index is 12.1. The molecule has 5 heterocycles. The number of aromatic nitrogens is 5. The largest absolute Gasteiger partial charge is 0.351 e. The van der Waals surface area contributed by atoms with Crippen LogP contribution in [-0.4, -0.2) is 53.3 Å². The predicted molar refractivity (Wildman–Crippen MR) is 114 cm³/mol. The molecule has 1 saturated carbocycles. The first kappa shape index (κ1) is 17.4. The molecule has 152 valence electrons. The minimum absolute atomic E-state index is 0.0269. The lowest BCUT2D eigenvalue weighted by Crippen LogP contribution is -2.59. The normalized spacial score (nSPS) is 24.0. The minimum atomic E-state index is -0.0269. The average Bonchev–Trinajstić information content (AvgIpc) is 3.44. The van der Waals surface area contributed by atoms with Crippen molar-refractivity contribution in [3.63, 3.8) is 0 Å². The zero-order valence-corrected chi connectivity index (χ0v) is 16.8. The summed E-state index contributed by atoms with van der Waals surface area (Å²) in [7, 11) is 0. The first-order valence-electron chi connectivity index (χ1n) is 10.4. The van der Waals surface area contributed by atoms with Crippen molar-refractivity contribution < 1.29 is 4.79 Å². The lowest BCUT2D eigenvalue weighted by molar-refractivity contribution is -0.136. The standard InChI is InChI=1S/C22H23N7O/c1-22(29-7-2-3-19(29)30)9-15(10-22)26-21-25-12-17-16(11-24-20(17)27-21)14-4-5-18-23-6-8-28(18)13-14/h4-6,8,11-13,15H,2-3,7,9-10H2,1H3,(H2,24,25,26,27)/t15-,22-. The molecule has 2 aliphatic rings. The Balaban J connectivity index is 1.20. The molecule has 30 heavy (non-hydrogen) atoms. The molecule has 2 fully saturated rings. The van der Waals surface area contributed by atoms with Crippen LogP contribution in [0.5, 0.6) is 0 Å². The zero-order valence-electron chi connectivity index (χ0n) is 16.8. The van der Waals surface area contributed by atoms with Crippen molar-refractivity contribution in [3.05, 3.63) is 43.1 Å². The van der Waals surface area contributed by atoms with Crippen molar-refractivity contribution in [1.29, 1.82) is 0 Å². The van der Waals surface area contributed by atoms with Crippen LogP contribution in [0.1, 0.15) is 32.6 Å². The molecule has 4 aromatic rings. The minimum Gasteiger partial charge on any atom is -0.351 e. The number of imidazole rings is 1. The third kappa shape index (κ3) is 2.67. The summed E-state index contributed by atoms with van der Waals surface area (Å²) < 4.78 is 2.00. The van der Waals surface area contributed by atoms with Gasteiger partial charge in [-0.3, -0.25) is 4.79 Å². The quantitative estimate of drug-likeness (QED) is 0.548. The molecular weight excluding hydrogens is 378 g/mol. The summed E-state index contributed by atoms with van der Waals surface area (Å²) in [6.45, 7) is 3.08. The predicted octanol–water partition coefficient (Wildman–Crippen LogP) is 3.23. The number of nitrogens with one attached hydrogen (secondary N) is 2. The topological polar surface area (TPSA) is 91.2 Å². The van der Waals surface area contributed by atoms with Gasteiger partial charge in [-0.05, 0) is 38.3 Å². The number of H-pyrrole nitrogens is 1. The Hall–Kier alpha value is -3.42. The van der Waals surface area contributed by atoms with Crippen molar-refractivity contribution in [2.75, 3.05) is 11.9 Å². The van der Waals surface area contributed by atoms with E-state index < -0.39 is 0 Å². The molecule has 1 saturated heterocycles. The number of aromatic amines is 1. The van der Waals surface area contributed by atoms with Crippen molar-refractivity contribution in [2.45, 2.75) is 44.2 Å². The van der Waals surface area contributed by atoms with Gasteiger partial charge in [-0.2, -0.15) is 4.98 Å². The second-order valence-electron chi connectivity index (χ2n) is 8.66. The first-order valence-corrected chi connectivity index (χ1v) is 10.4. The molecule has 1 aliphatic carbocycles. The molecule has 0 atom stereocenters. The third-order valence-corrected chi connectivity index (χ3v) is 6.56. The van der Waals surface area contributed by atoms with E-state index in [0.29, 0.717) is 24.3 Å². The maximum absolute atomic E-state index is 12.1. The van der Waals surface area contributed by atoms with Gasteiger partial charge in [-0.1, -0.05) is 0 Å². The summed E-state index contributed by atoms with van der Waals surface area (Å²) in [5, 5.41) is 4.43. The van der Waals surface area contributed by atoms with Crippen molar-refractivity contribution in [1.82, 2.24) is 29.2 Å². The Labute approximate surface area is 173 Å². The summed E-state index contributed by atoms with van der Waals surface area (Å²) in [6.07, 6.45) is 13.2. The molecule has 0 bridgehead atoms. The van der Waals surface area contributed by atoms with E-state index in [0.717, 1.165) is 53.6 Å². The summed E-state index contributed by atoms with van der Waals surface area (Å²) in [5.41, 5.74) is 3.85. The van der Waals surface area contributed by atoms with Gasteiger partial charge in [0.2, 0.25) is 11.9 Å². The van der Waals surface area contributed by atoms with Gasteiger partial charge in [0.15, 0.2) is 0 Å². The zero-order chi connectivity index (χ0) is 20.3. The van der Waals surface area contributed by atoms with Crippen molar-refractivity contribution in [3.8, 4) is 11.1 Å². The van der Waals surface area contributed by atoms with E-state index in [1.165, 1.54) is 0 Å². The van der Waals surface area contributed by atoms with Crippen LogP contribution < -0.4 is 5.32 Å². The monoisotopic (exact) mass is 401 g/mol. The number of fused-ring (bicyclic) bond motifs is 2. The summed E-state index contributed by atoms with van der Waals surface area (Å²) in [6, 6.07) is 4.36. The van der Waals surface area contributed by atoms with E-state index in [1.54, 1.807) is 6.20 Å². The van der Waals surface area contributed by atoms with Gasteiger partial charge >= 0.3 is 0 Å². The molecule has 1 amide bonds. The Morgan fingerprint density at radius 3 is 3.00 bits per heavy atom. The summed E-state index contributed by atoms with van der Waals surface area (Å²) >= 11 is 0. The van der Waals surface area contributed by atoms with Crippen LogP contribution in [0, 0.1) is 0 Å². The van der Waals surface area contributed by atoms with Crippen LogP contribution in [-0.2, 0) is 4.79 Å². The smallest absolute Gasteiger partial charge is 0.224 e. The van der Waals surface area contributed by atoms with Gasteiger partial charge in [-0.15, -0.1) is 0 Å². The fourth-order valence-corrected chi connectivity index (χ4v) is 5.02. The van der Waals surface area contributed by atoms with Crippen LogP contribution in [0.2, 0.25) is 0 Å². The number of amides is 1. The number of anilines is 1. The molecule has 0 aromatic carbocycles. The maximum Gasteiger partial charge on any atom is 0.224 e. The molecule has 6 rings (SSSR count). The second kappa shape index (κ2) is 6.29. The first-order chi connectivity index (χ1) is 14.6. The number of rotatable bonds is 4. The Morgan fingerprint density at radius 1 is 1.27 bits per heavy atom. The number of hydrogen-bond donors (Lipinski definition) is 2. The van der Waals surface area contributed by atoms with E-state index in [-0.39, 0.29) is 5.54 Å². The van der Waals surface area contributed by atoms with E-state index >= 15 is 0 Å². The second-order valence-corrected chi connectivity index (χ2v) is 8.66. The Bertz CT molecular complexity index is 1270. The van der Waals surface area contributed by atoms with Crippen LogP contribution in [0.15, 0.2) is 43.1 Å². The van der Waals surface area contributed by atoms with Crippen LogP contribution in [0.4, 0.5) is 5.95 Å². The fourth-order valence-electron chi connectivity index (χ4n) is 5.02. The highest BCUT2D eigenvalue weighted by Gasteiger charge is 2.48. The van der Waals surface area contributed by atoms with Gasteiger partial charge in [-0.25, -0.2) is 9.97 Å². The Kier molecular flexibility index (Phi) is 3.65. The number of hydrogen-bond acceptors (Lipinski definition) is 5. The van der Waals surface area contributed by atoms with Gasteiger partial charge in [0.25, 0.3) is 0 Å². The molecule has 0 spiro atoms. The van der Waals surface area contributed by atoms with Gasteiger partial charge < -0.3 is 19.6 Å². The summed E-state index contributed by atoms with van der Waals surface area (Å²) in [4.78, 5) is 30.9. The third-order valence-electron chi connectivity index (χ3n) is 6.56. The highest BCUT2D eigenvalue weighted by Crippen LogP contribution is 2.41.